The van der Waals surface area contributed by atoms with E-state index in [0.29, 0.717) is 19.6 Å². The minimum Gasteiger partial charge on any atom is -0.342 e. The summed E-state index contributed by atoms with van der Waals surface area (Å²) < 4.78 is 0. The first kappa shape index (κ1) is 28.8. The number of hydrogen-bond acceptors (Lipinski definition) is 5. The second-order valence-corrected chi connectivity index (χ2v) is 10.9. The van der Waals surface area contributed by atoms with E-state index < -0.39 is 11.5 Å². The molecule has 0 aromatic heterocycles. The molecule has 0 aliphatic carbocycles. The molecule has 3 amide bonds. The molecular weight excluding hydrogens is 442 g/mol. The molecule has 35 heavy (non-hydrogen) atoms. The molecule has 0 radical (unpaired) electrons. The van der Waals surface area contributed by atoms with Gasteiger partial charge in [-0.3, -0.25) is 19.3 Å². The van der Waals surface area contributed by atoms with E-state index in [1.54, 1.807) is 7.05 Å². The van der Waals surface area contributed by atoms with E-state index in [1.807, 2.05) is 74.7 Å². The van der Waals surface area contributed by atoms with Crippen LogP contribution in [0.15, 0.2) is 30.3 Å². The van der Waals surface area contributed by atoms with Crippen molar-refractivity contribution in [3.63, 3.8) is 0 Å². The van der Waals surface area contributed by atoms with E-state index in [0.717, 1.165) is 19.3 Å². The summed E-state index contributed by atoms with van der Waals surface area (Å²) in [6.07, 6.45) is 2.50. The normalized spacial score (nSPS) is 17.8. The van der Waals surface area contributed by atoms with Gasteiger partial charge in [-0.2, -0.15) is 0 Å². The highest BCUT2D eigenvalue weighted by Crippen LogP contribution is 2.26. The maximum absolute atomic E-state index is 13.8. The minimum atomic E-state index is -0.635. The molecule has 2 rings (SSSR count). The number of hydrogen-bond donors (Lipinski definition) is 2. The zero-order valence-electron chi connectivity index (χ0n) is 22.6. The number of nitrogens with one attached hydrogen (secondary N) is 2. The van der Waals surface area contributed by atoms with E-state index in [1.165, 1.54) is 5.56 Å². The van der Waals surface area contributed by atoms with Crippen LogP contribution >= 0.6 is 0 Å². The minimum absolute atomic E-state index is 0.0308. The van der Waals surface area contributed by atoms with Crippen molar-refractivity contribution in [3.8, 4) is 0 Å². The average molecular weight is 488 g/mol. The monoisotopic (exact) mass is 487 g/mol. The van der Waals surface area contributed by atoms with Gasteiger partial charge in [0.05, 0.1) is 12.6 Å². The van der Waals surface area contributed by atoms with E-state index in [2.05, 4.69) is 22.8 Å². The van der Waals surface area contributed by atoms with Gasteiger partial charge in [-0.15, -0.1) is 0 Å². The van der Waals surface area contributed by atoms with Gasteiger partial charge in [-0.1, -0.05) is 51.1 Å². The van der Waals surface area contributed by atoms with E-state index in [9.17, 15) is 14.4 Å². The Morgan fingerprint density at radius 3 is 2.37 bits per heavy atom. The van der Waals surface area contributed by atoms with Crippen LogP contribution in [-0.4, -0.2) is 97.9 Å². The largest absolute Gasteiger partial charge is 0.342 e. The molecule has 1 aliphatic heterocycles. The van der Waals surface area contributed by atoms with Gasteiger partial charge in [0.2, 0.25) is 17.7 Å². The number of carbonyl (C=O) groups is 3. The van der Waals surface area contributed by atoms with Crippen LogP contribution in [0.4, 0.5) is 0 Å². The summed E-state index contributed by atoms with van der Waals surface area (Å²) in [5, 5.41) is 5.98. The third-order valence-corrected chi connectivity index (χ3v) is 6.84. The maximum atomic E-state index is 13.8. The topological polar surface area (TPSA) is 85.0 Å². The fraction of sp³-hybridized carbons (Fsp3) is 0.667. The molecule has 8 heteroatoms. The van der Waals surface area contributed by atoms with Crippen molar-refractivity contribution in [2.24, 2.45) is 5.41 Å². The Morgan fingerprint density at radius 2 is 1.80 bits per heavy atom. The Labute approximate surface area is 211 Å². The Kier molecular flexibility index (Phi) is 10.7. The highest BCUT2D eigenvalue weighted by atomic mass is 16.2. The van der Waals surface area contributed by atoms with Crippen LogP contribution in [0.5, 0.6) is 0 Å². The predicted octanol–water partition coefficient (Wildman–Crippen LogP) is 1.75. The lowest BCUT2D eigenvalue weighted by atomic mass is 9.85. The fourth-order valence-electron chi connectivity index (χ4n) is 4.37. The van der Waals surface area contributed by atoms with Crippen molar-refractivity contribution >= 4 is 17.7 Å². The van der Waals surface area contributed by atoms with Crippen molar-refractivity contribution in [2.75, 3.05) is 47.3 Å². The summed E-state index contributed by atoms with van der Waals surface area (Å²) in [7, 11) is 5.46. The zero-order chi connectivity index (χ0) is 26.2. The maximum Gasteiger partial charge on any atom is 0.246 e. The summed E-state index contributed by atoms with van der Waals surface area (Å²) in [6.45, 7) is 9.76. The lowest BCUT2D eigenvalue weighted by Gasteiger charge is -2.38. The first-order valence-corrected chi connectivity index (χ1v) is 12.7. The van der Waals surface area contributed by atoms with Crippen molar-refractivity contribution in [1.29, 1.82) is 0 Å². The van der Waals surface area contributed by atoms with Gasteiger partial charge >= 0.3 is 0 Å². The summed E-state index contributed by atoms with van der Waals surface area (Å²) in [5.74, 6) is -0.195. The Balaban J connectivity index is 2.16. The average Bonchev–Trinajstić information content (AvgIpc) is 3.27. The molecule has 196 valence electrons. The van der Waals surface area contributed by atoms with Gasteiger partial charge in [0, 0.05) is 25.7 Å². The Morgan fingerprint density at radius 1 is 1.14 bits per heavy atom. The summed E-state index contributed by atoms with van der Waals surface area (Å²) in [5.41, 5.74) is 0.737. The van der Waals surface area contributed by atoms with Gasteiger partial charge in [0.25, 0.3) is 0 Å². The molecule has 3 atom stereocenters. The summed E-state index contributed by atoms with van der Waals surface area (Å²) >= 11 is 0. The quantitative estimate of drug-likeness (QED) is 0.497. The number of nitrogens with zero attached hydrogens (tertiary/aromatic N) is 3. The third-order valence-electron chi connectivity index (χ3n) is 6.84. The zero-order valence-corrected chi connectivity index (χ0v) is 22.6. The van der Waals surface area contributed by atoms with Crippen LogP contribution in [0.3, 0.4) is 0 Å². The Bertz CT molecular complexity index is 837. The molecule has 1 saturated heterocycles. The molecule has 1 aromatic rings. The van der Waals surface area contributed by atoms with Crippen LogP contribution in [0.1, 0.15) is 46.1 Å². The predicted molar refractivity (Wildman–Crippen MR) is 140 cm³/mol. The SMILES string of the molecule is CNCC(=O)N(CCc1ccccc1)C[C@@H]1CCCN1C(=O)[C@@H](NC(=O)[C@H](C)N(C)C)C(C)(C)C. The smallest absolute Gasteiger partial charge is 0.246 e. The van der Waals surface area contributed by atoms with Crippen molar-refractivity contribution in [2.45, 2.75) is 65.1 Å². The molecule has 1 heterocycles. The van der Waals surface area contributed by atoms with Gasteiger partial charge in [0.15, 0.2) is 0 Å². The molecule has 0 saturated carbocycles. The molecule has 8 nitrogen and oxygen atoms in total. The second-order valence-electron chi connectivity index (χ2n) is 10.9. The molecule has 0 bridgehead atoms. The van der Waals surface area contributed by atoms with Gasteiger partial charge < -0.3 is 20.4 Å². The van der Waals surface area contributed by atoms with Gasteiger partial charge in [0.1, 0.15) is 6.04 Å². The number of rotatable bonds is 11. The second kappa shape index (κ2) is 13.0. The first-order chi connectivity index (χ1) is 16.5. The number of likely N-dealkylation sites (N-methyl/N-ethyl adjacent to an activating group) is 2. The van der Waals surface area contributed by atoms with Gasteiger partial charge in [-0.25, -0.2) is 0 Å². The lowest BCUT2D eigenvalue weighted by molar-refractivity contribution is -0.142. The number of carbonyl (C=O) groups excluding carboxylic acids is 3. The van der Waals surface area contributed by atoms with Gasteiger partial charge in [-0.05, 0) is 58.3 Å². The van der Waals surface area contributed by atoms with Crippen molar-refractivity contribution in [3.05, 3.63) is 35.9 Å². The van der Waals surface area contributed by atoms with Crippen LogP contribution in [0.25, 0.3) is 0 Å². The Hall–Kier alpha value is -2.45. The van der Waals surface area contributed by atoms with Crippen LogP contribution < -0.4 is 10.6 Å². The number of amides is 3. The first-order valence-electron chi connectivity index (χ1n) is 12.7. The molecule has 2 N–H and O–H groups in total. The molecular formula is C27H45N5O3. The van der Waals surface area contributed by atoms with Crippen molar-refractivity contribution < 1.29 is 14.4 Å². The number of benzene rings is 1. The van der Waals surface area contributed by atoms with E-state index >= 15 is 0 Å². The molecule has 0 unspecified atom stereocenters. The van der Waals surface area contributed by atoms with E-state index in [4.69, 9.17) is 0 Å². The standard InChI is InChI=1S/C27H45N5O3/c1-20(30(6)7)25(34)29-24(27(2,3)4)26(35)32-16-11-14-22(32)19-31(23(33)18-28-5)17-15-21-12-9-8-10-13-21/h8-10,12-13,20,22,24,28H,11,14-19H2,1-7H3,(H,29,34)/t20-,22-,24+/m0/s1. The van der Waals surface area contributed by atoms with Crippen LogP contribution in [0.2, 0.25) is 0 Å². The molecule has 0 spiro atoms. The highest BCUT2D eigenvalue weighted by Gasteiger charge is 2.40. The molecule has 1 fully saturated rings. The number of likely N-dealkylation sites (tertiary alicyclic amines) is 1. The molecule has 1 aliphatic rings. The van der Waals surface area contributed by atoms with Crippen LogP contribution in [-0.2, 0) is 20.8 Å². The van der Waals surface area contributed by atoms with Crippen LogP contribution in [0, 0.1) is 5.41 Å². The van der Waals surface area contributed by atoms with Crippen molar-refractivity contribution in [1.82, 2.24) is 25.3 Å². The lowest BCUT2D eigenvalue weighted by Crippen LogP contribution is -2.59. The fourth-order valence-corrected chi connectivity index (χ4v) is 4.37. The summed E-state index contributed by atoms with van der Waals surface area (Å²) in [6, 6.07) is 9.09. The third kappa shape index (κ3) is 8.32. The molecule has 1 aromatic carbocycles. The summed E-state index contributed by atoms with van der Waals surface area (Å²) in [4.78, 5) is 45.1. The van der Waals surface area contributed by atoms with E-state index in [-0.39, 0.29) is 36.3 Å². The highest BCUT2D eigenvalue weighted by molar-refractivity contribution is 5.90.